The van der Waals surface area contributed by atoms with Gasteiger partial charge in [-0.1, -0.05) is 0 Å². The first-order valence-corrected chi connectivity index (χ1v) is 5.06. The molecule has 14 heavy (non-hydrogen) atoms. The SMILES string of the molecule is Cc1ccc(-c2csc(CC#N)n2)o1. The van der Waals surface area contributed by atoms with E-state index in [0.717, 1.165) is 22.2 Å². The molecule has 0 fully saturated rings. The highest BCUT2D eigenvalue weighted by atomic mass is 32.1. The molecule has 0 bridgehead atoms. The van der Waals surface area contributed by atoms with E-state index in [1.165, 1.54) is 11.3 Å². The normalized spacial score (nSPS) is 10.0. The standard InChI is InChI=1S/C10H8N2OS/c1-7-2-3-9(13-7)8-6-14-10(12-8)4-5-11/h2-3,6H,4H2,1H3. The van der Waals surface area contributed by atoms with Gasteiger partial charge in [-0.2, -0.15) is 5.26 Å². The van der Waals surface area contributed by atoms with E-state index in [-0.39, 0.29) is 0 Å². The Hall–Kier alpha value is -1.60. The minimum absolute atomic E-state index is 0.365. The van der Waals surface area contributed by atoms with Gasteiger partial charge in [-0.15, -0.1) is 11.3 Å². The van der Waals surface area contributed by atoms with E-state index in [9.17, 15) is 0 Å². The summed E-state index contributed by atoms with van der Waals surface area (Å²) in [7, 11) is 0. The number of hydrogen-bond acceptors (Lipinski definition) is 4. The Bertz CT molecular complexity index is 478. The Morgan fingerprint density at radius 3 is 3.07 bits per heavy atom. The van der Waals surface area contributed by atoms with Crippen molar-refractivity contribution in [3.05, 3.63) is 28.3 Å². The fraction of sp³-hybridized carbons (Fsp3) is 0.200. The molecule has 0 atom stereocenters. The number of thiazole rings is 1. The minimum Gasteiger partial charge on any atom is -0.460 e. The van der Waals surface area contributed by atoms with Gasteiger partial charge in [-0.05, 0) is 19.1 Å². The number of nitrogens with zero attached hydrogens (tertiary/aromatic N) is 2. The lowest BCUT2D eigenvalue weighted by Crippen LogP contribution is -1.79. The third kappa shape index (κ3) is 1.68. The van der Waals surface area contributed by atoms with Crippen molar-refractivity contribution in [2.45, 2.75) is 13.3 Å². The highest BCUT2D eigenvalue weighted by molar-refractivity contribution is 7.10. The maximum Gasteiger partial charge on any atom is 0.153 e. The minimum atomic E-state index is 0.365. The third-order valence-corrected chi connectivity index (χ3v) is 2.62. The highest BCUT2D eigenvalue weighted by Gasteiger charge is 2.07. The average Bonchev–Trinajstić information content (AvgIpc) is 2.74. The largest absolute Gasteiger partial charge is 0.460 e. The molecule has 0 radical (unpaired) electrons. The molecule has 0 unspecified atom stereocenters. The second kappa shape index (κ2) is 3.64. The predicted molar refractivity (Wildman–Crippen MR) is 53.9 cm³/mol. The summed E-state index contributed by atoms with van der Waals surface area (Å²) in [5.41, 5.74) is 0.813. The molecule has 2 aromatic heterocycles. The molecule has 2 heterocycles. The number of aromatic nitrogens is 1. The van der Waals surface area contributed by atoms with E-state index in [1.54, 1.807) is 0 Å². The number of hydrogen-bond donors (Lipinski definition) is 0. The zero-order valence-electron chi connectivity index (χ0n) is 7.65. The summed E-state index contributed by atoms with van der Waals surface area (Å²) < 4.78 is 5.42. The van der Waals surface area contributed by atoms with Crippen LogP contribution >= 0.6 is 11.3 Å². The van der Waals surface area contributed by atoms with Gasteiger partial charge in [0.2, 0.25) is 0 Å². The number of nitriles is 1. The van der Waals surface area contributed by atoms with Crippen LogP contribution in [0.4, 0.5) is 0 Å². The molecule has 0 saturated heterocycles. The van der Waals surface area contributed by atoms with Crippen molar-refractivity contribution < 1.29 is 4.42 Å². The monoisotopic (exact) mass is 204 g/mol. The van der Waals surface area contributed by atoms with Crippen molar-refractivity contribution >= 4 is 11.3 Å². The summed E-state index contributed by atoms with van der Waals surface area (Å²) in [6.45, 7) is 1.89. The van der Waals surface area contributed by atoms with Crippen molar-refractivity contribution in [1.29, 1.82) is 5.26 Å². The second-order valence-corrected chi connectivity index (χ2v) is 3.81. The van der Waals surface area contributed by atoms with Crippen molar-refractivity contribution in [2.24, 2.45) is 0 Å². The maximum atomic E-state index is 8.50. The van der Waals surface area contributed by atoms with Crippen LogP contribution in [0, 0.1) is 18.3 Å². The van der Waals surface area contributed by atoms with Gasteiger partial charge in [0, 0.05) is 5.38 Å². The molecule has 2 rings (SSSR count). The predicted octanol–water partition coefficient (Wildman–Crippen LogP) is 2.78. The second-order valence-electron chi connectivity index (χ2n) is 2.87. The molecular weight excluding hydrogens is 196 g/mol. The molecule has 0 saturated carbocycles. The van der Waals surface area contributed by atoms with Crippen LogP contribution in [0.15, 0.2) is 21.9 Å². The molecule has 2 aromatic rings. The summed E-state index contributed by atoms with van der Waals surface area (Å²) in [5, 5.41) is 11.2. The van der Waals surface area contributed by atoms with Crippen LogP contribution in [-0.4, -0.2) is 4.98 Å². The molecule has 0 N–H and O–H groups in total. The Labute approximate surface area is 85.6 Å². The van der Waals surface area contributed by atoms with Gasteiger partial charge in [0.25, 0.3) is 0 Å². The molecular formula is C10H8N2OS. The van der Waals surface area contributed by atoms with Crippen LogP contribution in [0.5, 0.6) is 0 Å². The molecule has 0 amide bonds. The molecule has 3 nitrogen and oxygen atoms in total. The van der Waals surface area contributed by atoms with E-state index in [0.29, 0.717) is 6.42 Å². The lowest BCUT2D eigenvalue weighted by atomic mass is 10.3. The van der Waals surface area contributed by atoms with Gasteiger partial charge in [-0.3, -0.25) is 0 Å². The van der Waals surface area contributed by atoms with E-state index in [4.69, 9.17) is 9.68 Å². The molecule has 0 aliphatic rings. The van der Waals surface area contributed by atoms with Crippen LogP contribution in [0.3, 0.4) is 0 Å². The summed E-state index contributed by atoms with van der Waals surface area (Å²) in [5.74, 6) is 1.64. The fourth-order valence-corrected chi connectivity index (χ4v) is 1.86. The van der Waals surface area contributed by atoms with Crippen LogP contribution in [0.25, 0.3) is 11.5 Å². The van der Waals surface area contributed by atoms with E-state index in [1.807, 2.05) is 24.4 Å². The number of furan rings is 1. The van der Waals surface area contributed by atoms with E-state index >= 15 is 0 Å². The van der Waals surface area contributed by atoms with Gasteiger partial charge in [0.15, 0.2) is 5.76 Å². The molecule has 0 aromatic carbocycles. The van der Waals surface area contributed by atoms with Crippen molar-refractivity contribution in [2.75, 3.05) is 0 Å². The molecule has 70 valence electrons. The zero-order valence-corrected chi connectivity index (χ0v) is 8.47. The van der Waals surface area contributed by atoms with Gasteiger partial charge in [0.1, 0.15) is 16.5 Å². The van der Waals surface area contributed by atoms with E-state index in [2.05, 4.69) is 11.1 Å². The topological polar surface area (TPSA) is 49.8 Å². The molecule has 4 heteroatoms. The third-order valence-electron chi connectivity index (χ3n) is 1.77. The van der Waals surface area contributed by atoms with Crippen molar-refractivity contribution in [1.82, 2.24) is 4.98 Å². The van der Waals surface area contributed by atoms with Crippen molar-refractivity contribution in [3.8, 4) is 17.5 Å². The molecule has 0 spiro atoms. The summed E-state index contributed by atoms with van der Waals surface area (Å²) in [4.78, 5) is 4.29. The Kier molecular flexibility index (Phi) is 2.33. The first-order valence-electron chi connectivity index (χ1n) is 4.18. The van der Waals surface area contributed by atoms with E-state index < -0.39 is 0 Å². The quantitative estimate of drug-likeness (QED) is 0.755. The lowest BCUT2D eigenvalue weighted by molar-refractivity contribution is 0.546. The van der Waals surface area contributed by atoms with Crippen LogP contribution in [0.1, 0.15) is 10.8 Å². The average molecular weight is 204 g/mol. The van der Waals surface area contributed by atoms with Crippen LogP contribution in [0.2, 0.25) is 0 Å². The maximum absolute atomic E-state index is 8.50. The number of rotatable bonds is 2. The van der Waals surface area contributed by atoms with Gasteiger partial charge < -0.3 is 4.42 Å². The summed E-state index contributed by atoms with van der Waals surface area (Å²) in [6, 6.07) is 5.86. The van der Waals surface area contributed by atoms with Crippen molar-refractivity contribution in [3.63, 3.8) is 0 Å². The van der Waals surface area contributed by atoms with Crippen LogP contribution in [-0.2, 0) is 6.42 Å². The Morgan fingerprint density at radius 2 is 2.43 bits per heavy atom. The first-order chi connectivity index (χ1) is 6.79. The summed E-state index contributed by atoms with van der Waals surface area (Å²) in [6.07, 6.45) is 0.365. The highest BCUT2D eigenvalue weighted by Crippen LogP contribution is 2.23. The lowest BCUT2D eigenvalue weighted by Gasteiger charge is -1.87. The smallest absolute Gasteiger partial charge is 0.153 e. The van der Waals surface area contributed by atoms with Crippen LogP contribution < -0.4 is 0 Å². The van der Waals surface area contributed by atoms with Gasteiger partial charge in [-0.25, -0.2) is 4.98 Å². The Balaban J connectivity index is 2.30. The summed E-state index contributed by atoms with van der Waals surface area (Å²) >= 11 is 1.48. The van der Waals surface area contributed by atoms with Gasteiger partial charge >= 0.3 is 0 Å². The Morgan fingerprint density at radius 1 is 1.57 bits per heavy atom. The zero-order chi connectivity index (χ0) is 9.97. The molecule has 0 aliphatic heterocycles. The van der Waals surface area contributed by atoms with Gasteiger partial charge in [0.05, 0.1) is 12.5 Å². The number of aryl methyl sites for hydroxylation is 1. The molecule has 0 aliphatic carbocycles. The fourth-order valence-electron chi connectivity index (χ4n) is 1.15. The first kappa shape index (κ1) is 8.97.